The molecule has 1 aromatic carbocycles. The van der Waals surface area contributed by atoms with E-state index in [1.54, 1.807) is 0 Å². The monoisotopic (exact) mass is 341 g/mol. The predicted molar refractivity (Wildman–Crippen MR) is 102 cm³/mol. The Morgan fingerprint density at radius 1 is 1.16 bits per heavy atom. The first kappa shape index (κ1) is 18.2. The van der Waals surface area contributed by atoms with Gasteiger partial charge in [0, 0.05) is 38.8 Å². The maximum atomic E-state index is 12.4. The van der Waals surface area contributed by atoms with Crippen molar-refractivity contribution in [2.45, 2.75) is 39.3 Å². The third-order valence-electron chi connectivity index (χ3n) is 5.34. The SMILES string of the molecule is CC(C)=CCN1C[C@H]2CC[C@@H]1CN(CC(=O)NCc1ccccc1)C2. The molecule has 4 rings (SSSR count). The van der Waals surface area contributed by atoms with E-state index >= 15 is 0 Å². The second-order valence-corrected chi connectivity index (χ2v) is 7.79. The van der Waals surface area contributed by atoms with Crippen molar-refractivity contribution in [1.29, 1.82) is 0 Å². The van der Waals surface area contributed by atoms with E-state index in [9.17, 15) is 4.79 Å². The topological polar surface area (TPSA) is 35.6 Å². The Kier molecular flexibility index (Phi) is 6.27. The zero-order valence-electron chi connectivity index (χ0n) is 15.6. The minimum absolute atomic E-state index is 0.140. The number of benzene rings is 1. The van der Waals surface area contributed by atoms with E-state index in [1.165, 1.54) is 25.0 Å². The lowest BCUT2D eigenvalue weighted by atomic mass is 9.95. The van der Waals surface area contributed by atoms with Gasteiger partial charge in [-0.1, -0.05) is 42.0 Å². The summed E-state index contributed by atoms with van der Waals surface area (Å²) in [5, 5.41) is 3.06. The molecule has 4 heteroatoms. The smallest absolute Gasteiger partial charge is 0.234 e. The molecule has 3 aliphatic heterocycles. The highest BCUT2D eigenvalue weighted by Gasteiger charge is 2.34. The van der Waals surface area contributed by atoms with Crippen molar-refractivity contribution < 1.29 is 4.79 Å². The number of nitrogens with one attached hydrogen (secondary N) is 1. The fourth-order valence-corrected chi connectivity index (χ4v) is 3.98. The number of hydrogen-bond donors (Lipinski definition) is 1. The Hall–Kier alpha value is -1.65. The van der Waals surface area contributed by atoms with Gasteiger partial charge in [-0.3, -0.25) is 14.6 Å². The van der Waals surface area contributed by atoms with E-state index in [2.05, 4.69) is 35.0 Å². The normalized spacial score (nSPS) is 23.9. The van der Waals surface area contributed by atoms with Gasteiger partial charge in [0.2, 0.25) is 5.91 Å². The molecule has 0 aliphatic carbocycles. The van der Waals surface area contributed by atoms with Gasteiger partial charge in [-0.05, 0) is 38.2 Å². The van der Waals surface area contributed by atoms with Crippen molar-refractivity contribution in [3.8, 4) is 0 Å². The Morgan fingerprint density at radius 2 is 1.96 bits per heavy atom. The minimum Gasteiger partial charge on any atom is -0.351 e. The molecule has 0 spiro atoms. The van der Waals surface area contributed by atoms with Crippen LogP contribution in [0, 0.1) is 5.92 Å². The molecule has 3 aliphatic rings. The van der Waals surface area contributed by atoms with Gasteiger partial charge in [0.15, 0.2) is 0 Å². The largest absolute Gasteiger partial charge is 0.351 e. The molecule has 1 aromatic rings. The number of piperidine rings is 1. The molecule has 1 N–H and O–H groups in total. The van der Waals surface area contributed by atoms with Crippen molar-refractivity contribution in [3.05, 3.63) is 47.5 Å². The van der Waals surface area contributed by atoms with E-state index in [0.717, 1.165) is 25.2 Å². The number of amides is 1. The van der Waals surface area contributed by atoms with Crippen molar-refractivity contribution in [3.63, 3.8) is 0 Å². The average Bonchev–Trinajstić information content (AvgIpc) is 2.89. The van der Waals surface area contributed by atoms with E-state index in [1.807, 2.05) is 30.3 Å². The first-order chi connectivity index (χ1) is 12.1. The van der Waals surface area contributed by atoms with Crippen LogP contribution in [0.4, 0.5) is 0 Å². The van der Waals surface area contributed by atoms with Crippen molar-refractivity contribution in [2.75, 3.05) is 32.7 Å². The molecule has 0 aromatic heterocycles. The number of allylic oxidation sites excluding steroid dienone is 1. The first-order valence-corrected chi connectivity index (χ1v) is 9.50. The summed E-state index contributed by atoms with van der Waals surface area (Å²) in [4.78, 5) is 17.3. The van der Waals surface area contributed by atoms with Crippen molar-refractivity contribution >= 4 is 5.91 Å². The Bertz CT molecular complexity index is 594. The molecule has 0 radical (unpaired) electrons. The number of rotatable bonds is 6. The summed E-state index contributed by atoms with van der Waals surface area (Å²) in [6.07, 6.45) is 4.90. The maximum absolute atomic E-state index is 12.4. The Labute approximate surface area is 151 Å². The molecule has 4 nitrogen and oxygen atoms in total. The van der Waals surface area contributed by atoms with Crippen LogP contribution in [-0.2, 0) is 11.3 Å². The van der Waals surface area contributed by atoms with Gasteiger partial charge in [-0.2, -0.15) is 0 Å². The third kappa shape index (κ3) is 5.41. The number of hydrogen-bond acceptors (Lipinski definition) is 3. The highest BCUT2D eigenvalue weighted by Crippen LogP contribution is 2.27. The lowest BCUT2D eigenvalue weighted by Gasteiger charge is -2.35. The third-order valence-corrected chi connectivity index (χ3v) is 5.34. The standard InChI is InChI=1S/C21H31N3O/c1-17(2)10-11-24-14-19-8-9-20(24)15-23(13-19)16-21(25)22-12-18-6-4-3-5-7-18/h3-7,10,19-20H,8-9,11-16H2,1-2H3,(H,22,25)/t19-,20+/m0/s1. The van der Waals surface area contributed by atoms with Crippen LogP contribution in [0.3, 0.4) is 0 Å². The fraction of sp³-hybridized carbons (Fsp3) is 0.571. The van der Waals surface area contributed by atoms with Crippen LogP contribution in [0.5, 0.6) is 0 Å². The number of fused-ring (bicyclic) bond motifs is 4. The Balaban J connectivity index is 1.50. The van der Waals surface area contributed by atoms with Crippen LogP contribution in [0.25, 0.3) is 0 Å². The van der Waals surface area contributed by atoms with Crippen LogP contribution in [0.15, 0.2) is 42.0 Å². The summed E-state index contributed by atoms with van der Waals surface area (Å²) in [6, 6.07) is 10.7. The van der Waals surface area contributed by atoms with Gasteiger partial charge in [0.25, 0.3) is 0 Å². The van der Waals surface area contributed by atoms with Gasteiger partial charge in [0.05, 0.1) is 6.54 Å². The van der Waals surface area contributed by atoms with E-state index in [-0.39, 0.29) is 5.91 Å². The highest BCUT2D eigenvalue weighted by atomic mass is 16.2. The molecule has 1 amide bonds. The van der Waals surface area contributed by atoms with Gasteiger partial charge in [0.1, 0.15) is 0 Å². The minimum atomic E-state index is 0.140. The van der Waals surface area contributed by atoms with E-state index < -0.39 is 0 Å². The molecule has 2 atom stereocenters. The molecule has 0 unspecified atom stereocenters. The lowest BCUT2D eigenvalue weighted by molar-refractivity contribution is -0.122. The van der Waals surface area contributed by atoms with Crippen LogP contribution >= 0.6 is 0 Å². The van der Waals surface area contributed by atoms with Crippen LogP contribution in [-0.4, -0.2) is 54.5 Å². The molecule has 2 bridgehead atoms. The molecule has 136 valence electrons. The molecular weight excluding hydrogens is 310 g/mol. The average molecular weight is 341 g/mol. The van der Waals surface area contributed by atoms with Crippen LogP contribution in [0.1, 0.15) is 32.3 Å². The van der Waals surface area contributed by atoms with Gasteiger partial charge in [-0.15, -0.1) is 0 Å². The van der Waals surface area contributed by atoms with Crippen LogP contribution < -0.4 is 5.32 Å². The second-order valence-electron chi connectivity index (χ2n) is 7.79. The first-order valence-electron chi connectivity index (χ1n) is 9.50. The quantitative estimate of drug-likeness (QED) is 0.808. The summed E-state index contributed by atoms with van der Waals surface area (Å²) in [5.74, 6) is 0.840. The van der Waals surface area contributed by atoms with Crippen LogP contribution in [0.2, 0.25) is 0 Å². The molecule has 25 heavy (non-hydrogen) atoms. The molecule has 3 heterocycles. The summed E-state index contributed by atoms with van der Waals surface area (Å²) in [6.45, 7) is 9.78. The summed E-state index contributed by atoms with van der Waals surface area (Å²) < 4.78 is 0. The zero-order valence-corrected chi connectivity index (χ0v) is 15.6. The van der Waals surface area contributed by atoms with E-state index in [0.29, 0.717) is 25.0 Å². The molecular formula is C21H31N3O. The zero-order chi connectivity index (χ0) is 17.6. The fourth-order valence-electron chi connectivity index (χ4n) is 3.98. The molecule has 0 saturated carbocycles. The van der Waals surface area contributed by atoms with Gasteiger partial charge < -0.3 is 5.32 Å². The summed E-state index contributed by atoms with van der Waals surface area (Å²) in [7, 11) is 0. The summed E-state index contributed by atoms with van der Waals surface area (Å²) in [5.41, 5.74) is 2.54. The predicted octanol–water partition coefficient (Wildman–Crippen LogP) is 2.67. The van der Waals surface area contributed by atoms with Gasteiger partial charge >= 0.3 is 0 Å². The molecule has 3 fully saturated rings. The Morgan fingerprint density at radius 3 is 2.72 bits per heavy atom. The number of carbonyl (C=O) groups is 1. The number of nitrogens with zero attached hydrogens (tertiary/aromatic N) is 2. The van der Waals surface area contributed by atoms with Crippen molar-refractivity contribution in [2.24, 2.45) is 5.92 Å². The van der Waals surface area contributed by atoms with Crippen molar-refractivity contribution in [1.82, 2.24) is 15.1 Å². The second kappa shape index (κ2) is 8.63. The molecule has 3 saturated heterocycles. The lowest BCUT2D eigenvalue weighted by Crippen LogP contribution is -2.44. The highest BCUT2D eigenvalue weighted by molar-refractivity contribution is 5.78. The van der Waals surface area contributed by atoms with Gasteiger partial charge in [-0.25, -0.2) is 0 Å². The summed E-state index contributed by atoms with van der Waals surface area (Å²) >= 11 is 0. The maximum Gasteiger partial charge on any atom is 0.234 e. The number of carbonyl (C=O) groups excluding carboxylic acids is 1. The van der Waals surface area contributed by atoms with E-state index in [4.69, 9.17) is 0 Å².